The van der Waals surface area contributed by atoms with Gasteiger partial charge in [-0.05, 0) is 30.2 Å². The van der Waals surface area contributed by atoms with E-state index in [1.807, 2.05) is 79.7 Å². The number of ether oxygens (including phenoxy) is 2. The molecule has 1 aliphatic heterocycles. The predicted molar refractivity (Wildman–Crippen MR) is 127 cm³/mol. The van der Waals surface area contributed by atoms with Crippen molar-refractivity contribution in [3.05, 3.63) is 84.1 Å². The summed E-state index contributed by atoms with van der Waals surface area (Å²) in [5, 5.41) is 8.17. The predicted octanol–water partition coefficient (Wildman–Crippen LogP) is 5.44. The highest BCUT2D eigenvalue weighted by atomic mass is 32.1. The van der Waals surface area contributed by atoms with Crippen LogP contribution in [0, 0.1) is 6.92 Å². The Morgan fingerprint density at radius 1 is 0.970 bits per heavy atom. The van der Waals surface area contributed by atoms with Gasteiger partial charge in [0.05, 0.1) is 15.9 Å². The second-order valence-corrected chi connectivity index (χ2v) is 8.66. The van der Waals surface area contributed by atoms with Crippen LogP contribution in [0.15, 0.2) is 72.8 Å². The van der Waals surface area contributed by atoms with Crippen molar-refractivity contribution >= 4 is 33.3 Å². The highest BCUT2D eigenvalue weighted by Crippen LogP contribution is 2.39. The average molecular weight is 455 g/mol. The quantitative estimate of drug-likeness (QED) is 0.391. The molecule has 0 saturated carbocycles. The lowest BCUT2D eigenvalue weighted by atomic mass is 10.0. The Hall–Kier alpha value is -4.17. The van der Waals surface area contributed by atoms with Crippen LogP contribution >= 0.6 is 11.3 Å². The van der Waals surface area contributed by atoms with Gasteiger partial charge < -0.3 is 14.8 Å². The highest BCUT2D eigenvalue weighted by molar-refractivity contribution is 7.20. The Kier molecular flexibility index (Phi) is 4.58. The molecule has 0 aliphatic carbocycles. The molecule has 0 unspecified atom stereocenters. The van der Waals surface area contributed by atoms with Crippen LogP contribution in [-0.4, -0.2) is 27.5 Å². The Labute approximate surface area is 193 Å². The van der Waals surface area contributed by atoms with Crippen molar-refractivity contribution < 1.29 is 14.3 Å². The number of anilines is 1. The third-order valence-corrected chi connectivity index (χ3v) is 6.37. The van der Waals surface area contributed by atoms with Crippen LogP contribution in [0.5, 0.6) is 11.5 Å². The van der Waals surface area contributed by atoms with Crippen LogP contribution < -0.4 is 14.8 Å². The molecule has 1 amide bonds. The molecule has 3 heterocycles. The second-order valence-electron chi connectivity index (χ2n) is 7.65. The number of hydrogen-bond donors (Lipinski definition) is 1. The summed E-state index contributed by atoms with van der Waals surface area (Å²) in [7, 11) is 0. The second kappa shape index (κ2) is 7.75. The van der Waals surface area contributed by atoms with Crippen LogP contribution in [0.4, 0.5) is 5.82 Å². The molecular formula is C25H18N4O3S. The van der Waals surface area contributed by atoms with Gasteiger partial charge in [-0.3, -0.25) is 4.79 Å². The fourth-order valence-electron chi connectivity index (χ4n) is 3.76. The number of benzene rings is 3. The van der Waals surface area contributed by atoms with E-state index in [0.717, 1.165) is 27.0 Å². The molecule has 2 aromatic heterocycles. The van der Waals surface area contributed by atoms with Crippen LogP contribution in [-0.2, 0) is 0 Å². The Morgan fingerprint density at radius 2 is 1.70 bits per heavy atom. The maximum Gasteiger partial charge on any atom is 0.256 e. The van der Waals surface area contributed by atoms with E-state index in [1.54, 1.807) is 4.68 Å². The van der Waals surface area contributed by atoms with E-state index in [9.17, 15) is 4.79 Å². The Balaban J connectivity index is 1.28. The van der Waals surface area contributed by atoms with Crippen molar-refractivity contribution in [3.8, 4) is 27.8 Å². The van der Waals surface area contributed by atoms with E-state index >= 15 is 0 Å². The largest absolute Gasteiger partial charge is 0.454 e. The number of amides is 1. The smallest absolute Gasteiger partial charge is 0.256 e. The van der Waals surface area contributed by atoms with Crippen LogP contribution in [0.3, 0.4) is 0 Å². The maximum atomic E-state index is 13.0. The van der Waals surface area contributed by atoms with E-state index in [4.69, 9.17) is 14.5 Å². The molecule has 0 fully saturated rings. The van der Waals surface area contributed by atoms with Crippen LogP contribution in [0.25, 0.3) is 26.5 Å². The molecule has 6 rings (SSSR count). The van der Waals surface area contributed by atoms with E-state index < -0.39 is 0 Å². The first-order valence-electron chi connectivity index (χ1n) is 10.4. The first kappa shape index (κ1) is 19.5. The molecule has 0 spiro atoms. The van der Waals surface area contributed by atoms with Crippen molar-refractivity contribution in [3.63, 3.8) is 0 Å². The zero-order valence-electron chi connectivity index (χ0n) is 17.6. The van der Waals surface area contributed by atoms with Crippen LogP contribution in [0.2, 0.25) is 0 Å². The van der Waals surface area contributed by atoms with E-state index in [1.165, 1.54) is 11.3 Å². The number of carbonyl (C=O) groups excluding carboxylic acids is 1. The molecule has 1 aliphatic rings. The van der Waals surface area contributed by atoms with Gasteiger partial charge in [0.15, 0.2) is 11.5 Å². The third-order valence-electron chi connectivity index (χ3n) is 5.38. The summed E-state index contributed by atoms with van der Waals surface area (Å²) in [4.78, 5) is 17.7. The van der Waals surface area contributed by atoms with E-state index in [0.29, 0.717) is 28.0 Å². The molecular weight excluding hydrogens is 436 g/mol. The van der Waals surface area contributed by atoms with Crippen molar-refractivity contribution in [1.29, 1.82) is 0 Å². The topological polar surface area (TPSA) is 78.3 Å². The molecule has 0 radical (unpaired) electrons. The zero-order valence-corrected chi connectivity index (χ0v) is 18.4. The van der Waals surface area contributed by atoms with Crippen molar-refractivity contribution in [2.45, 2.75) is 6.92 Å². The van der Waals surface area contributed by atoms with E-state index in [2.05, 4.69) is 10.4 Å². The van der Waals surface area contributed by atoms with Gasteiger partial charge in [0, 0.05) is 23.8 Å². The lowest BCUT2D eigenvalue weighted by Gasteiger charge is -2.07. The molecule has 0 bridgehead atoms. The van der Waals surface area contributed by atoms with Crippen molar-refractivity contribution in [1.82, 2.24) is 14.8 Å². The van der Waals surface area contributed by atoms with Crippen molar-refractivity contribution in [2.75, 3.05) is 12.1 Å². The van der Waals surface area contributed by atoms with Gasteiger partial charge >= 0.3 is 0 Å². The zero-order chi connectivity index (χ0) is 22.4. The highest BCUT2D eigenvalue weighted by Gasteiger charge is 2.19. The van der Waals surface area contributed by atoms with Gasteiger partial charge in [0.2, 0.25) is 11.9 Å². The van der Waals surface area contributed by atoms with Gasteiger partial charge in [-0.2, -0.15) is 9.78 Å². The number of nitrogens with one attached hydrogen (secondary N) is 1. The van der Waals surface area contributed by atoms with Gasteiger partial charge in [-0.1, -0.05) is 53.8 Å². The number of thiazole rings is 1. The molecule has 33 heavy (non-hydrogen) atoms. The minimum absolute atomic E-state index is 0.211. The fraction of sp³-hybridized carbons (Fsp3) is 0.0800. The minimum atomic E-state index is -0.211. The average Bonchev–Trinajstić information content (AvgIpc) is 3.55. The molecule has 1 N–H and O–H groups in total. The molecule has 0 saturated heterocycles. The first-order valence-corrected chi connectivity index (χ1v) is 11.2. The number of nitrogens with zero attached hydrogens (tertiary/aromatic N) is 3. The summed E-state index contributed by atoms with van der Waals surface area (Å²) in [6.45, 7) is 2.10. The van der Waals surface area contributed by atoms with E-state index in [-0.39, 0.29) is 12.7 Å². The molecule has 3 aromatic carbocycles. The number of rotatable bonds is 4. The molecule has 5 aromatic rings. The number of aromatic nitrogens is 3. The lowest BCUT2D eigenvalue weighted by Crippen LogP contribution is -2.15. The first-order chi connectivity index (χ1) is 16.1. The third kappa shape index (κ3) is 3.60. The summed E-state index contributed by atoms with van der Waals surface area (Å²) < 4.78 is 13.5. The summed E-state index contributed by atoms with van der Waals surface area (Å²) >= 11 is 1.47. The Bertz CT molecular complexity index is 1450. The molecule has 162 valence electrons. The van der Waals surface area contributed by atoms with Crippen LogP contribution in [0.1, 0.15) is 16.1 Å². The molecule has 8 heteroatoms. The summed E-state index contributed by atoms with van der Waals surface area (Å²) in [6, 6.07) is 23.2. The normalized spacial score (nSPS) is 12.3. The number of carbonyl (C=O) groups is 1. The number of hydrogen-bond acceptors (Lipinski definition) is 6. The monoisotopic (exact) mass is 454 g/mol. The van der Waals surface area contributed by atoms with Gasteiger partial charge in [0.25, 0.3) is 5.91 Å². The summed E-state index contributed by atoms with van der Waals surface area (Å²) in [5.41, 5.74) is 4.30. The summed E-state index contributed by atoms with van der Waals surface area (Å²) in [5.74, 6) is 1.74. The molecule has 0 atom stereocenters. The fourth-order valence-corrected chi connectivity index (χ4v) is 4.71. The van der Waals surface area contributed by atoms with Gasteiger partial charge in [0.1, 0.15) is 5.82 Å². The Morgan fingerprint density at radius 3 is 2.48 bits per heavy atom. The maximum absolute atomic E-state index is 13.0. The SMILES string of the molecule is Cc1cc(NC(=O)c2ccc(-c3ccccc3)cc2)n(-c2nc3cc4c(cc3s2)OCO4)n1. The van der Waals surface area contributed by atoms with Gasteiger partial charge in [-0.15, -0.1) is 0 Å². The van der Waals surface area contributed by atoms with Gasteiger partial charge in [-0.25, -0.2) is 4.98 Å². The lowest BCUT2D eigenvalue weighted by molar-refractivity contribution is 0.102. The number of fused-ring (bicyclic) bond motifs is 2. The standard InChI is InChI=1S/C25H18N4O3S/c1-15-11-23(27-24(30)18-9-7-17(8-10-18)16-5-3-2-4-6-16)29(28-15)25-26-19-12-20-21(32-14-31-20)13-22(19)33-25/h2-13H,14H2,1H3,(H,27,30). The minimum Gasteiger partial charge on any atom is -0.454 e. The molecule has 7 nitrogen and oxygen atoms in total. The number of aryl methyl sites for hydroxylation is 1. The van der Waals surface area contributed by atoms with Crippen molar-refractivity contribution in [2.24, 2.45) is 0 Å². The summed E-state index contributed by atoms with van der Waals surface area (Å²) in [6.07, 6.45) is 0.